The summed E-state index contributed by atoms with van der Waals surface area (Å²) in [6, 6.07) is 10.2. The molecule has 0 spiro atoms. The Hall–Kier alpha value is -3.14. The largest absolute Gasteiger partial charge is 0.350 e. The fraction of sp³-hybridized carbons (Fsp3) is 0.227. The summed E-state index contributed by atoms with van der Waals surface area (Å²) in [5, 5.41) is 3.52. The van der Waals surface area contributed by atoms with E-state index in [1.165, 1.54) is 24.3 Å². The van der Waals surface area contributed by atoms with Crippen molar-refractivity contribution in [3.8, 4) is 0 Å². The Morgan fingerprint density at radius 3 is 2.52 bits per heavy atom. The lowest BCUT2D eigenvalue weighted by atomic mass is 10.1. The van der Waals surface area contributed by atoms with E-state index in [1.807, 2.05) is 0 Å². The van der Waals surface area contributed by atoms with Crippen LogP contribution in [0.5, 0.6) is 0 Å². The summed E-state index contributed by atoms with van der Waals surface area (Å²) in [5.41, 5.74) is 9.28. The fourth-order valence-electron chi connectivity index (χ4n) is 3.22. The normalized spacial score (nSPS) is 10.8. The summed E-state index contributed by atoms with van der Waals surface area (Å²) in [6.07, 6.45) is 0. The number of halogens is 3. The van der Waals surface area contributed by atoms with Crippen molar-refractivity contribution in [3.63, 3.8) is 0 Å². The molecule has 1 amide bonds. The average Bonchev–Trinajstić information content (AvgIpc) is 2.77. The Bertz CT molecular complexity index is 1310. The molecule has 1 aromatic heterocycles. The predicted octanol–water partition coefficient (Wildman–Crippen LogP) is 2.28. The first kappa shape index (κ1) is 24.5. The van der Waals surface area contributed by atoms with Crippen molar-refractivity contribution < 1.29 is 9.18 Å². The highest BCUT2D eigenvalue weighted by molar-refractivity contribution is 6.31. The maximum Gasteiger partial charge on any atom is 0.350 e. The van der Waals surface area contributed by atoms with Crippen molar-refractivity contribution >= 4 is 29.1 Å². The summed E-state index contributed by atoms with van der Waals surface area (Å²) in [4.78, 5) is 37.8. The SMILES string of the molecule is Cc1cc(=O)n(NCc2cc(F)ccc2Cl)c(=O)n1CC(=O)NCc1cc(Cl)ccc1CN. The topological polar surface area (TPSA) is 111 Å². The van der Waals surface area contributed by atoms with E-state index in [2.05, 4.69) is 10.7 Å². The van der Waals surface area contributed by atoms with Gasteiger partial charge in [-0.3, -0.25) is 14.2 Å². The van der Waals surface area contributed by atoms with Gasteiger partial charge in [-0.2, -0.15) is 4.68 Å². The lowest BCUT2D eigenvalue weighted by Crippen LogP contribution is -2.46. The monoisotopic (exact) mass is 493 g/mol. The molecule has 0 bridgehead atoms. The highest BCUT2D eigenvalue weighted by atomic mass is 35.5. The molecule has 0 aliphatic heterocycles. The third-order valence-corrected chi connectivity index (χ3v) is 5.61. The number of benzene rings is 2. The molecule has 11 heteroatoms. The van der Waals surface area contributed by atoms with Crippen molar-refractivity contribution in [2.24, 2.45) is 5.73 Å². The zero-order valence-corrected chi connectivity index (χ0v) is 19.2. The first-order chi connectivity index (χ1) is 15.7. The molecule has 3 rings (SSSR count). The van der Waals surface area contributed by atoms with Crippen LogP contribution < -0.4 is 27.7 Å². The Morgan fingerprint density at radius 1 is 1.03 bits per heavy atom. The molecule has 8 nitrogen and oxygen atoms in total. The molecule has 33 heavy (non-hydrogen) atoms. The Morgan fingerprint density at radius 2 is 1.79 bits per heavy atom. The average molecular weight is 494 g/mol. The number of carbonyl (C=O) groups is 1. The molecule has 0 radical (unpaired) electrons. The third-order valence-electron chi connectivity index (χ3n) is 5.00. The fourth-order valence-corrected chi connectivity index (χ4v) is 3.60. The quantitative estimate of drug-likeness (QED) is 0.445. The van der Waals surface area contributed by atoms with Crippen molar-refractivity contribution in [1.29, 1.82) is 0 Å². The second-order valence-electron chi connectivity index (χ2n) is 7.29. The van der Waals surface area contributed by atoms with Crippen LogP contribution in [0.4, 0.5) is 4.39 Å². The van der Waals surface area contributed by atoms with E-state index in [-0.39, 0.29) is 31.2 Å². The molecule has 3 aromatic rings. The molecule has 0 fully saturated rings. The number of hydrogen-bond acceptors (Lipinski definition) is 5. The molecule has 0 atom stereocenters. The summed E-state index contributed by atoms with van der Waals surface area (Å²) in [6.45, 7) is 1.62. The number of rotatable bonds is 8. The summed E-state index contributed by atoms with van der Waals surface area (Å²) in [5.74, 6) is -0.944. The Balaban J connectivity index is 1.76. The summed E-state index contributed by atoms with van der Waals surface area (Å²) < 4.78 is 15.4. The van der Waals surface area contributed by atoms with Crippen LogP contribution in [0, 0.1) is 12.7 Å². The van der Waals surface area contributed by atoms with Crippen LogP contribution in [-0.4, -0.2) is 15.2 Å². The van der Waals surface area contributed by atoms with Gasteiger partial charge in [0.25, 0.3) is 5.56 Å². The molecule has 0 aliphatic carbocycles. The number of nitrogens with two attached hydrogens (primary N) is 1. The molecule has 174 valence electrons. The van der Waals surface area contributed by atoms with Gasteiger partial charge in [0.2, 0.25) is 5.91 Å². The second-order valence-corrected chi connectivity index (χ2v) is 8.14. The van der Waals surface area contributed by atoms with Crippen molar-refractivity contribution in [2.75, 3.05) is 5.43 Å². The van der Waals surface area contributed by atoms with Gasteiger partial charge in [-0.05, 0) is 53.9 Å². The van der Waals surface area contributed by atoms with Crippen LogP contribution in [-0.2, 0) is 31.0 Å². The molecule has 0 unspecified atom stereocenters. The Labute approximate surface area is 198 Å². The molecule has 4 N–H and O–H groups in total. The number of carbonyl (C=O) groups excluding carboxylic acids is 1. The van der Waals surface area contributed by atoms with Gasteiger partial charge in [0.1, 0.15) is 12.4 Å². The highest BCUT2D eigenvalue weighted by Gasteiger charge is 2.13. The minimum atomic E-state index is -0.743. The van der Waals surface area contributed by atoms with Crippen LogP contribution >= 0.6 is 23.2 Å². The predicted molar refractivity (Wildman–Crippen MR) is 125 cm³/mol. The molecule has 0 aliphatic rings. The highest BCUT2D eigenvalue weighted by Crippen LogP contribution is 2.17. The van der Waals surface area contributed by atoms with Crippen LogP contribution in [0.25, 0.3) is 0 Å². The molecular formula is C22H22Cl2FN5O3. The van der Waals surface area contributed by atoms with Crippen molar-refractivity contribution in [1.82, 2.24) is 14.6 Å². The van der Waals surface area contributed by atoms with Crippen LogP contribution in [0.15, 0.2) is 52.1 Å². The van der Waals surface area contributed by atoms with Gasteiger partial charge in [-0.1, -0.05) is 29.3 Å². The number of nitrogens with zero attached hydrogens (tertiary/aromatic N) is 2. The maximum atomic E-state index is 13.5. The maximum absolute atomic E-state index is 13.5. The van der Waals surface area contributed by atoms with E-state index in [0.29, 0.717) is 16.3 Å². The van der Waals surface area contributed by atoms with Crippen molar-refractivity contribution in [2.45, 2.75) is 33.1 Å². The minimum Gasteiger partial charge on any atom is -0.350 e. The lowest BCUT2D eigenvalue weighted by Gasteiger charge is -2.15. The van der Waals surface area contributed by atoms with E-state index < -0.39 is 23.0 Å². The number of amides is 1. The molecule has 0 saturated carbocycles. The minimum absolute atomic E-state index is 0.0718. The van der Waals surface area contributed by atoms with Crippen LogP contribution in [0.1, 0.15) is 22.4 Å². The van der Waals surface area contributed by atoms with Gasteiger partial charge >= 0.3 is 5.69 Å². The molecule has 0 saturated heterocycles. The van der Waals surface area contributed by atoms with Gasteiger partial charge < -0.3 is 16.5 Å². The van der Waals surface area contributed by atoms with E-state index >= 15 is 0 Å². The first-order valence-electron chi connectivity index (χ1n) is 9.95. The number of aryl methyl sites for hydroxylation is 1. The van der Waals surface area contributed by atoms with E-state index in [0.717, 1.165) is 20.4 Å². The van der Waals surface area contributed by atoms with Gasteiger partial charge in [-0.25, -0.2) is 9.18 Å². The summed E-state index contributed by atoms with van der Waals surface area (Å²) in [7, 11) is 0. The van der Waals surface area contributed by atoms with Gasteiger partial charge in [0, 0.05) is 34.9 Å². The van der Waals surface area contributed by atoms with E-state index in [9.17, 15) is 18.8 Å². The molecule has 2 aromatic carbocycles. The van der Waals surface area contributed by atoms with Gasteiger partial charge in [0.15, 0.2) is 0 Å². The van der Waals surface area contributed by atoms with E-state index in [4.69, 9.17) is 28.9 Å². The Kier molecular flexibility index (Phi) is 7.91. The van der Waals surface area contributed by atoms with Gasteiger partial charge in [0.05, 0.1) is 6.54 Å². The standard InChI is InChI=1S/C22H22Cl2FN5O3/c1-13-6-21(32)30(28-11-16-8-18(25)4-5-19(16)24)22(33)29(13)12-20(31)27-10-15-7-17(23)3-2-14(15)9-26/h2-8,28H,9-12,26H2,1H3,(H,27,31). The lowest BCUT2D eigenvalue weighted by molar-refractivity contribution is -0.121. The zero-order valence-electron chi connectivity index (χ0n) is 17.7. The second kappa shape index (κ2) is 10.7. The molecular weight excluding hydrogens is 472 g/mol. The zero-order chi connectivity index (χ0) is 24.1. The third kappa shape index (κ3) is 6.01. The number of hydrogen-bond donors (Lipinski definition) is 3. The number of aromatic nitrogens is 2. The first-order valence-corrected chi connectivity index (χ1v) is 10.7. The van der Waals surface area contributed by atoms with Crippen LogP contribution in [0.2, 0.25) is 10.0 Å². The number of nitrogens with one attached hydrogen (secondary N) is 2. The van der Waals surface area contributed by atoms with Gasteiger partial charge in [-0.15, -0.1) is 0 Å². The van der Waals surface area contributed by atoms with Crippen molar-refractivity contribution in [3.05, 3.63) is 102 Å². The smallest absolute Gasteiger partial charge is 0.350 e. The summed E-state index contributed by atoms with van der Waals surface area (Å²) >= 11 is 12.1. The molecule has 1 heterocycles. The van der Waals surface area contributed by atoms with Crippen LogP contribution in [0.3, 0.4) is 0 Å². The van der Waals surface area contributed by atoms with E-state index in [1.54, 1.807) is 25.1 Å².